The van der Waals surface area contributed by atoms with E-state index in [2.05, 4.69) is 19.9 Å². The van der Waals surface area contributed by atoms with Gasteiger partial charge in [0.2, 0.25) is 0 Å². The second-order valence-corrected chi connectivity index (χ2v) is 5.25. The number of Topliss-reactive ketones (excluding diaryl/α,β-unsaturated/α-hetero) is 1. The lowest BCUT2D eigenvalue weighted by molar-refractivity contribution is 0.0988. The van der Waals surface area contributed by atoms with Crippen molar-refractivity contribution in [2.45, 2.75) is 39.5 Å². The fraction of sp³-hybridized carbons (Fsp3) is 0.316. The van der Waals surface area contributed by atoms with Gasteiger partial charge in [-0.1, -0.05) is 39.0 Å². The average molecular weight is 282 g/mol. The number of carbonyl (C=O) groups is 1. The Bertz CT molecular complexity index is 599. The number of ether oxygens (including phenoxy) is 1. The number of ketones is 1. The fourth-order valence-electron chi connectivity index (χ4n) is 2.24. The molecular weight excluding hydrogens is 260 g/mol. The van der Waals surface area contributed by atoms with E-state index >= 15 is 0 Å². The molecule has 110 valence electrons. The van der Waals surface area contributed by atoms with Crippen LogP contribution in [0.4, 0.5) is 0 Å². The van der Waals surface area contributed by atoms with E-state index < -0.39 is 0 Å². The van der Waals surface area contributed by atoms with Crippen LogP contribution in [-0.4, -0.2) is 5.78 Å². The molecule has 0 amide bonds. The molecule has 2 heteroatoms. The van der Waals surface area contributed by atoms with Gasteiger partial charge in [0.25, 0.3) is 0 Å². The third kappa shape index (κ3) is 3.72. The maximum absolute atomic E-state index is 11.6. The first-order valence-corrected chi connectivity index (χ1v) is 7.55. The first-order valence-electron chi connectivity index (χ1n) is 7.55. The SMILES string of the molecule is CCC(=O)c1ccc(Oc2ccccc2C(C)CC)cc1. The summed E-state index contributed by atoms with van der Waals surface area (Å²) in [4.78, 5) is 11.6. The second-order valence-electron chi connectivity index (χ2n) is 5.25. The molecule has 1 atom stereocenters. The zero-order chi connectivity index (χ0) is 15.2. The predicted molar refractivity (Wildman–Crippen MR) is 86.3 cm³/mol. The van der Waals surface area contributed by atoms with Gasteiger partial charge in [-0.05, 0) is 48.2 Å². The molecule has 0 saturated heterocycles. The molecule has 0 bridgehead atoms. The summed E-state index contributed by atoms with van der Waals surface area (Å²) in [5.41, 5.74) is 1.95. The Balaban J connectivity index is 2.20. The zero-order valence-corrected chi connectivity index (χ0v) is 12.9. The summed E-state index contributed by atoms with van der Waals surface area (Å²) in [6, 6.07) is 15.5. The van der Waals surface area contributed by atoms with Crippen LogP contribution in [0.2, 0.25) is 0 Å². The molecule has 21 heavy (non-hydrogen) atoms. The second kappa shape index (κ2) is 7.07. The van der Waals surface area contributed by atoms with Crippen molar-refractivity contribution in [2.75, 3.05) is 0 Å². The van der Waals surface area contributed by atoms with Gasteiger partial charge >= 0.3 is 0 Å². The maximum Gasteiger partial charge on any atom is 0.162 e. The molecule has 0 spiro atoms. The van der Waals surface area contributed by atoms with E-state index in [4.69, 9.17) is 4.74 Å². The van der Waals surface area contributed by atoms with Crippen molar-refractivity contribution in [2.24, 2.45) is 0 Å². The Labute approximate surface area is 126 Å². The topological polar surface area (TPSA) is 26.3 Å². The number of rotatable bonds is 6. The molecule has 2 aromatic rings. The largest absolute Gasteiger partial charge is 0.457 e. The highest BCUT2D eigenvalue weighted by Crippen LogP contribution is 2.32. The van der Waals surface area contributed by atoms with Crippen LogP contribution >= 0.6 is 0 Å². The van der Waals surface area contributed by atoms with Crippen molar-refractivity contribution in [3.63, 3.8) is 0 Å². The molecule has 0 aromatic heterocycles. The van der Waals surface area contributed by atoms with Crippen LogP contribution in [0.1, 0.15) is 55.5 Å². The summed E-state index contributed by atoms with van der Waals surface area (Å²) in [5.74, 6) is 2.27. The predicted octanol–water partition coefficient (Wildman–Crippen LogP) is 5.59. The van der Waals surface area contributed by atoms with Crippen LogP contribution in [0, 0.1) is 0 Å². The molecule has 0 saturated carbocycles. The standard InChI is InChI=1S/C19H22O2/c1-4-14(3)17-8-6-7-9-19(17)21-16-12-10-15(11-13-16)18(20)5-2/h6-14H,4-5H2,1-3H3. The minimum atomic E-state index is 0.154. The lowest BCUT2D eigenvalue weighted by atomic mass is 9.98. The number of hydrogen-bond acceptors (Lipinski definition) is 2. The van der Waals surface area contributed by atoms with Crippen molar-refractivity contribution in [1.82, 2.24) is 0 Å². The van der Waals surface area contributed by atoms with Gasteiger partial charge in [-0.15, -0.1) is 0 Å². The first kappa shape index (κ1) is 15.3. The van der Waals surface area contributed by atoms with Crippen LogP contribution < -0.4 is 4.74 Å². The van der Waals surface area contributed by atoms with E-state index in [9.17, 15) is 4.79 Å². The van der Waals surface area contributed by atoms with Crippen molar-refractivity contribution >= 4 is 5.78 Å². The third-order valence-corrected chi connectivity index (χ3v) is 3.79. The quantitative estimate of drug-likeness (QED) is 0.646. The Morgan fingerprint density at radius 3 is 2.33 bits per heavy atom. The molecular formula is C19H22O2. The van der Waals surface area contributed by atoms with E-state index in [1.54, 1.807) is 0 Å². The van der Waals surface area contributed by atoms with Gasteiger partial charge in [0.15, 0.2) is 5.78 Å². The number of carbonyl (C=O) groups excluding carboxylic acids is 1. The van der Waals surface area contributed by atoms with Crippen molar-refractivity contribution < 1.29 is 9.53 Å². The van der Waals surface area contributed by atoms with Gasteiger partial charge in [0, 0.05) is 12.0 Å². The van der Waals surface area contributed by atoms with E-state index in [-0.39, 0.29) is 5.78 Å². The van der Waals surface area contributed by atoms with Crippen LogP contribution in [0.25, 0.3) is 0 Å². The molecule has 0 aliphatic heterocycles. The molecule has 0 N–H and O–H groups in total. The summed E-state index contributed by atoms with van der Waals surface area (Å²) in [5, 5.41) is 0. The van der Waals surface area contributed by atoms with Gasteiger partial charge in [-0.3, -0.25) is 4.79 Å². The summed E-state index contributed by atoms with van der Waals surface area (Å²) >= 11 is 0. The molecule has 2 nitrogen and oxygen atoms in total. The van der Waals surface area contributed by atoms with Crippen molar-refractivity contribution in [3.8, 4) is 11.5 Å². The Morgan fingerprint density at radius 2 is 1.71 bits per heavy atom. The lowest BCUT2D eigenvalue weighted by Crippen LogP contribution is -1.97. The maximum atomic E-state index is 11.6. The van der Waals surface area contributed by atoms with E-state index in [1.165, 1.54) is 5.56 Å². The normalized spacial score (nSPS) is 12.0. The molecule has 2 aromatic carbocycles. The van der Waals surface area contributed by atoms with E-state index in [0.717, 1.165) is 23.5 Å². The molecule has 0 aliphatic carbocycles. The Morgan fingerprint density at radius 1 is 1.05 bits per heavy atom. The highest BCUT2D eigenvalue weighted by molar-refractivity contribution is 5.95. The van der Waals surface area contributed by atoms with E-state index in [1.807, 2.05) is 49.4 Å². The molecule has 2 rings (SSSR count). The van der Waals surface area contributed by atoms with Gasteiger partial charge < -0.3 is 4.74 Å². The third-order valence-electron chi connectivity index (χ3n) is 3.79. The van der Waals surface area contributed by atoms with Crippen LogP contribution in [-0.2, 0) is 0 Å². The van der Waals surface area contributed by atoms with Gasteiger partial charge in [-0.25, -0.2) is 0 Å². The monoisotopic (exact) mass is 282 g/mol. The molecule has 1 unspecified atom stereocenters. The molecule has 0 aliphatic rings. The Kier molecular flexibility index (Phi) is 5.15. The van der Waals surface area contributed by atoms with Crippen LogP contribution in [0.3, 0.4) is 0 Å². The van der Waals surface area contributed by atoms with Crippen LogP contribution in [0.15, 0.2) is 48.5 Å². The van der Waals surface area contributed by atoms with E-state index in [0.29, 0.717) is 12.3 Å². The lowest BCUT2D eigenvalue weighted by Gasteiger charge is -2.15. The smallest absolute Gasteiger partial charge is 0.162 e. The average Bonchev–Trinajstić information content (AvgIpc) is 2.54. The minimum absolute atomic E-state index is 0.154. The first-order chi connectivity index (χ1) is 10.2. The summed E-state index contributed by atoms with van der Waals surface area (Å²) < 4.78 is 5.99. The molecule has 0 heterocycles. The highest BCUT2D eigenvalue weighted by atomic mass is 16.5. The van der Waals surface area contributed by atoms with Crippen LogP contribution in [0.5, 0.6) is 11.5 Å². The van der Waals surface area contributed by atoms with Gasteiger partial charge in [-0.2, -0.15) is 0 Å². The molecule has 0 radical (unpaired) electrons. The minimum Gasteiger partial charge on any atom is -0.457 e. The number of benzene rings is 2. The zero-order valence-electron chi connectivity index (χ0n) is 12.9. The summed E-state index contributed by atoms with van der Waals surface area (Å²) in [6.45, 7) is 6.24. The van der Waals surface area contributed by atoms with Crippen molar-refractivity contribution in [1.29, 1.82) is 0 Å². The summed E-state index contributed by atoms with van der Waals surface area (Å²) in [6.07, 6.45) is 1.60. The molecule has 0 fully saturated rings. The Hall–Kier alpha value is -2.09. The summed E-state index contributed by atoms with van der Waals surface area (Å²) in [7, 11) is 0. The van der Waals surface area contributed by atoms with Crippen molar-refractivity contribution in [3.05, 3.63) is 59.7 Å². The fourth-order valence-corrected chi connectivity index (χ4v) is 2.24. The number of para-hydroxylation sites is 1. The van der Waals surface area contributed by atoms with Gasteiger partial charge in [0.05, 0.1) is 0 Å². The highest BCUT2D eigenvalue weighted by Gasteiger charge is 2.10. The number of hydrogen-bond donors (Lipinski definition) is 0. The van der Waals surface area contributed by atoms with Gasteiger partial charge in [0.1, 0.15) is 11.5 Å².